The minimum atomic E-state index is 0.999. The SMILES string of the molecule is Cc1ccc2scc(-c3nc4ccccc4n3-c3cccc4ccccc34)c2c1. The van der Waals surface area contributed by atoms with Crippen LogP contribution >= 0.6 is 11.3 Å². The molecule has 0 fully saturated rings. The van der Waals surface area contributed by atoms with E-state index in [2.05, 4.69) is 102 Å². The van der Waals surface area contributed by atoms with Gasteiger partial charge in [-0.25, -0.2) is 4.98 Å². The van der Waals surface area contributed by atoms with Crippen LogP contribution in [0.25, 0.3) is 49.0 Å². The van der Waals surface area contributed by atoms with Gasteiger partial charge in [0, 0.05) is 26.4 Å². The smallest absolute Gasteiger partial charge is 0.147 e. The van der Waals surface area contributed by atoms with E-state index >= 15 is 0 Å². The van der Waals surface area contributed by atoms with E-state index in [-0.39, 0.29) is 0 Å². The molecule has 138 valence electrons. The average Bonchev–Trinajstić information content (AvgIpc) is 3.34. The van der Waals surface area contributed by atoms with Crippen molar-refractivity contribution in [2.75, 3.05) is 0 Å². The van der Waals surface area contributed by atoms with Crippen LogP contribution in [0.1, 0.15) is 5.56 Å². The summed E-state index contributed by atoms with van der Waals surface area (Å²) in [6, 6.07) is 30.1. The minimum absolute atomic E-state index is 0.999. The van der Waals surface area contributed by atoms with Crippen LogP contribution in [0.5, 0.6) is 0 Å². The van der Waals surface area contributed by atoms with Crippen molar-refractivity contribution in [2.45, 2.75) is 6.92 Å². The van der Waals surface area contributed by atoms with Gasteiger partial charge in [0.1, 0.15) is 5.82 Å². The number of para-hydroxylation sites is 2. The number of thiophene rings is 1. The van der Waals surface area contributed by atoms with Gasteiger partial charge in [0.2, 0.25) is 0 Å². The molecule has 0 atom stereocenters. The molecule has 6 aromatic rings. The predicted octanol–water partition coefficient (Wildman–Crippen LogP) is 7.37. The lowest BCUT2D eigenvalue weighted by atomic mass is 10.1. The Morgan fingerprint density at radius 2 is 1.62 bits per heavy atom. The molecule has 6 rings (SSSR count). The van der Waals surface area contributed by atoms with E-state index in [1.165, 1.54) is 37.7 Å². The maximum absolute atomic E-state index is 5.09. The van der Waals surface area contributed by atoms with E-state index in [0.29, 0.717) is 0 Å². The fourth-order valence-corrected chi connectivity index (χ4v) is 5.09. The summed E-state index contributed by atoms with van der Waals surface area (Å²) in [6.45, 7) is 2.15. The van der Waals surface area contributed by atoms with Crippen LogP contribution < -0.4 is 0 Å². The zero-order valence-electron chi connectivity index (χ0n) is 16.0. The highest BCUT2D eigenvalue weighted by Gasteiger charge is 2.18. The van der Waals surface area contributed by atoms with E-state index in [4.69, 9.17) is 4.98 Å². The standard InChI is InChI=1S/C26H18N2S/c1-17-13-14-25-20(15-17)21(16-29-25)26-27-22-10-4-5-11-24(22)28(26)23-12-6-8-18-7-2-3-9-19(18)23/h2-16H,1H3. The third-order valence-electron chi connectivity index (χ3n) is 5.54. The van der Waals surface area contributed by atoms with Crippen molar-refractivity contribution >= 4 is 43.2 Å². The Morgan fingerprint density at radius 1 is 0.793 bits per heavy atom. The largest absolute Gasteiger partial charge is 0.292 e. The molecule has 4 aromatic carbocycles. The third-order valence-corrected chi connectivity index (χ3v) is 6.50. The molecule has 0 N–H and O–H groups in total. The van der Waals surface area contributed by atoms with Crippen molar-refractivity contribution in [3.63, 3.8) is 0 Å². The van der Waals surface area contributed by atoms with Gasteiger partial charge in [-0.2, -0.15) is 0 Å². The third kappa shape index (κ3) is 2.51. The number of rotatable bonds is 2. The molecular weight excluding hydrogens is 372 g/mol. The maximum atomic E-state index is 5.09. The molecule has 0 unspecified atom stereocenters. The topological polar surface area (TPSA) is 17.8 Å². The molecule has 2 nitrogen and oxygen atoms in total. The Labute approximate surface area is 172 Å². The number of aryl methyl sites for hydroxylation is 1. The maximum Gasteiger partial charge on any atom is 0.147 e. The molecule has 0 saturated carbocycles. The van der Waals surface area contributed by atoms with Crippen LogP contribution in [0, 0.1) is 6.92 Å². The van der Waals surface area contributed by atoms with Crippen LogP contribution in [0.3, 0.4) is 0 Å². The van der Waals surface area contributed by atoms with Gasteiger partial charge in [-0.3, -0.25) is 4.57 Å². The molecule has 0 amide bonds. The summed E-state index contributed by atoms with van der Waals surface area (Å²) < 4.78 is 3.61. The molecule has 29 heavy (non-hydrogen) atoms. The summed E-state index contributed by atoms with van der Waals surface area (Å²) in [4.78, 5) is 5.09. The van der Waals surface area contributed by atoms with Crippen molar-refractivity contribution in [2.24, 2.45) is 0 Å². The summed E-state index contributed by atoms with van der Waals surface area (Å²) >= 11 is 1.78. The van der Waals surface area contributed by atoms with Gasteiger partial charge in [-0.05, 0) is 42.6 Å². The summed E-state index contributed by atoms with van der Waals surface area (Å²) in [5.41, 5.74) is 5.77. The van der Waals surface area contributed by atoms with Gasteiger partial charge in [0.15, 0.2) is 0 Å². The molecule has 0 aliphatic carbocycles. The molecule has 2 heterocycles. The lowest BCUT2D eigenvalue weighted by Crippen LogP contribution is -1.98. The molecule has 2 aromatic heterocycles. The second-order valence-electron chi connectivity index (χ2n) is 7.41. The summed E-state index contributed by atoms with van der Waals surface area (Å²) in [5.74, 6) is 0.999. The van der Waals surface area contributed by atoms with Crippen molar-refractivity contribution in [1.82, 2.24) is 9.55 Å². The molecular formula is C26H18N2S. The zero-order chi connectivity index (χ0) is 19.4. The van der Waals surface area contributed by atoms with Crippen LogP contribution in [-0.2, 0) is 0 Å². The van der Waals surface area contributed by atoms with Crippen molar-refractivity contribution in [3.8, 4) is 17.1 Å². The van der Waals surface area contributed by atoms with E-state index in [0.717, 1.165) is 16.9 Å². The minimum Gasteiger partial charge on any atom is -0.292 e. The van der Waals surface area contributed by atoms with E-state index in [9.17, 15) is 0 Å². The van der Waals surface area contributed by atoms with Gasteiger partial charge >= 0.3 is 0 Å². The van der Waals surface area contributed by atoms with Gasteiger partial charge in [0.25, 0.3) is 0 Å². The van der Waals surface area contributed by atoms with E-state index in [1.54, 1.807) is 11.3 Å². The molecule has 0 spiro atoms. The fourth-order valence-electron chi connectivity index (χ4n) is 4.17. The van der Waals surface area contributed by atoms with Crippen LogP contribution in [0.4, 0.5) is 0 Å². The number of hydrogen-bond donors (Lipinski definition) is 0. The molecule has 0 bridgehead atoms. The number of nitrogens with zero attached hydrogens (tertiary/aromatic N) is 2. The number of aromatic nitrogens is 2. The first-order valence-electron chi connectivity index (χ1n) is 9.73. The van der Waals surface area contributed by atoms with Gasteiger partial charge in [-0.1, -0.05) is 60.2 Å². The second-order valence-corrected chi connectivity index (χ2v) is 8.32. The second kappa shape index (κ2) is 6.29. The van der Waals surface area contributed by atoms with Crippen LogP contribution in [0.2, 0.25) is 0 Å². The Kier molecular flexibility index (Phi) is 3.58. The van der Waals surface area contributed by atoms with E-state index in [1.807, 2.05) is 0 Å². The first-order valence-corrected chi connectivity index (χ1v) is 10.6. The Hall–Kier alpha value is -3.43. The van der Waals surface area contributed by atoms with Gasteiger partial charge in [0.05, 0.1) is 16.7 Å². The summed E-state index contributed by atoms with van der Waals surface area (Å²) in [6.07, 6.45) is 0. The molecule has 3 heteroatoms. The number of hydrogen-bond acceptors (Lipinski definition) is 2. The first kappa shape index (κ1) is 16.5. The van der Waals surface area contributed by atoms with Gasteiger partial charge in [-0.15, -0.1) is 11.3 Å². The van der Waals surface area contributed by atoms with Crippen molar-refractivity contribution in [1.29, 1.82) is 0 Å². The quantitative estimate of drug-likeness (QED) is 0.302. The number of imidazole rings is 1. The number of fused-ring (bicyclic) bond motifs is 3. The van der Waals surface area contributed by atoms with E-state index < -0.39 is 0 Å². The normalized spacial score (nSPS) is 11.6. The Morgan fingerprint density at radius 3 is 2.59 bits per heavy atom. The highest BCUT2D eigenvalue weighted by atomic mass is 32.1. The fraction of sp³-hybridized carbons (Fsp3) is 0.0385. The van der Waals surface area contributed by atoms with Crippen molar-refractivity contribution < 1.29 is 0 Å². The first-order chi connectivity index (χ1) is 14.3. The highest BCUT2D eigenvalue weighted by molar-refractivity contribution is 7.17. The summed E-state index contributed by atoms with van der Waals surface area (Å²) in [5, 5.41) is 5.98. The molecule has 0 radical (unpaired) electrons. The summed E-state index contributed by atoms with van der Waals surface area (Å²) in [7, 11) is 0. The average molecular weight is 391 g/mol. The monoisotopic (exact) mass is 390 g/mol. The Bertz CT molecular complexity index is 1520. The van der Waals surface area contributed by atoms with Crippen LogP contribution in [-0.4, -0.2) is 9.55 Å². The molecule has 0 aliphatic rings. The lowest BCUT2D eigenvalue weighted by Gasteiger charge is -2.12. The zero-order valence-corrected chi connectivity index (χ0v) is 16.8. The molecule has 0 saturated heterocycles. The van der Waals surface area contributed by atoms with Gasteiger partial charge < -0.3 is 0 Å². The predicted molar refractivity (Wildman–Crippen MR) is 124 cm³/mol. The van der Waals surface area contributed by atoms with Crippen molar-refractivity contribution in [3.05, 3.63) is 95.9 Å². The number of benzene rings is 4. The lowest BCUT2D eigenvalue weighted by molar-refractivity contribution is 1.12. The Balaban J connectivity index is 1.75. The highest BCUT2D eigenvalue weighted by Crippen LogP contribution is 2.38. The molecule has 0 aliphatic heterocycles. The van der Waals surface area contributed by atoms with Crippen LogP contribution in [0.15, 0.2) is 90.3 Å².